The first-order valence-electron chi connectivity index (χ1n) is 13.2. The minimum atomic E-state index is -0.763. The number of aliphatic hydroxyl groups is 1. The Hall–Kier alpha value is -3.32. The molecular formula is C30H40N2O5. The number of carbonyl (C=O) groups excluding carboxylic acids is 2. The molecule has 200 valence electrons. The van der Waals surface area contributed by atoms with E-state index in [1.807, 2.05) is 6.07 Å². The molecule has 0 aromatic heterocycles. The predicted octanol–water partition coefficient (Wildman–Crippen LogP) is 5.42. The van der Waals surface area contributed by atoms with E-state index >= 15 is 0 Å². The van der Waals surface area contributed by atoms with Crippen molar-refractivity contribution in [3.8, 4) is 11.5 Å². The van der Waals surface area contributed by atoms with Gasteiger partial charge in [0.05, 0.1) is 25.8 Å². The molecule has 2 aromatic rings. The lowest BCUT2D eigenvalue weighted by molar-refractivity contribution is -0.140. The fourth-order valence-corrected chi connectivity index (χ4v) is 4.79. The number of hydrogen-bond acceptors (Lipinski definition) is 6. The van der Waals surface area contributed by atoms with Gasteiger partial charge in [0.1, 0.15) is 17.3 Å². The SMILES string of the molecule is CCCCN(CCCC)CCCN1C(=O)C(=O)C(=C(O)c2ccccc2)[C@@H]1c1ccc(OC)cc1OC. The van der Waals surface area contributed by atoms with Gasteiger partial charge in [-0.15, -0.1) is 0 Å². The summed E-state index contributed by atoms with van der Waals surface area (Å²) in [5.74, 6) is -0.380. The summed E-state index contributed by atoms with van der Waals surface area (Å²) in [5.41, 5.74) is 1.20. The zero-order valence-electron chi connectivity index (χ0n) is 22.5. The molecule has 7 nitrogen and oxygen atoms in total. The summed E-state index contributed by atoms with van der Waals surface area (Å²) in [6.45, 7) is 7.66. The van der Waals surface area contributed by atoms with Gasteiger partial charge in [0.2, 0.25) is 0 Å². The second-order valence-corrected chi connectivity index (χ2v) is 9.37. The minimum absolute atomic E-state index is 0.0773. The van der Waals surface area contributed by atoms with Crippen LogP contribution in [0, 0.1) is 0 Å². The molecule has 1 atom stereocenters. The molecule has 0 unspecified atom stereocenters. The summed E-state index contributed by atoms with van der Waals surface area (Å²) in [6, 6.07) is 13.4. The number of ketones is 1. The number of nitrogens with zero attached hydrogens (tertiary/aromatic N) is 2. The van der Waals surface area contributed by atoms with Crippen LogP contribution in [0.2, 0.25) is 0 Å². The van der Waals surface area contributed by atoms with Crippen LogP contribution in [0.5, 0.6) is 11.5 Å². The van der Waals surface area contributed by atoms with Gasteiger partial charge in [-0.1, -0.05) is 57.0 Å². The van der Waals surface area contributed by atoms with E-state index in [0.717, 1.165) is 51.7 Å². The van der Waals surface area contributed by atoms with Crippen LogP contribution in [0.15, 0.2) is 54.1 Å². The fraction of sp³-hybridized carbons (Fsp3) is 0.467. The maximum absolute atomic E-state index is 13.3. The summed E-state index contributed by atoms with van der Waals surface area (Å²) in [6.07, 6.45) is 5.26. The van der Waals surface area contributed by atoms with Gasteiger partial charge in [-0.25, -0.2) is 0 Å². The highest BCUT2D eigenvalue weighted by Gasteiger charge is 2.46. The Balaban J connectivity index is 1.98. The topological polar surface area (TPSA) is 79.3 Å². The smallest absolute Gasteiger partial charge is 0.295 e. The third kappa shape index (κ3) is 6.72. The van der Waals surface area contributed by atoms with Gasteiger partial charge in [-0.2, -0.15) is 0 Å². The molecule has 3 rings (SSSR count). The molecule has 0 aliphatic carbocycles. The third-order valence-corrected chi connectivity index (χ3v) is 6.85. The standard InChI is InChI=1S/C30H40N2O5/c1-5-7-17-31(18-8-6-2)19-12-20-32-27(24-16-15-23(36-3)21-25(24)37-4)26(29(34)30(32)35)28(33)22-13-10-9-11-14-22/h9-11,13-16,21,27,33H,5-8,12,17-20H2,1-4H3/t27-/m0/s1. The molecule has 7 heteroatoms. The number of hydrogen-bond donors (Lipinski definition) is 1. The van der Waals surface area contributed by atoms with Crippen LogP contribution in [0.4, 0.5) is 0 Å². The highest BCUT2D eigenvalue weighted by atomic mass is 16.5. The summed E-state index contributed by atoms with van der Waals surface area (Å²) >= 11 is 0. The molecule has 1 N–H and O–H groups in total. The van der Waals surface area contributed by atoms with Crippen molar-refractivity contribution in [2.24, 2.45) is 0 Å². The van der Waals surface area contributed by atoms with Crippen molar-refractivity contribution in [1.82, 2.24) is 9.80 Å². The Bertz CT molecular complexity index is 1070. The second kappa shape index (κ2) is 13.8. The van der Waals surface area contributed by atoms with E-state index in [4.69, 9.17) is 9.47 Å². The van der Waals surface area contributed by atoms with Crippen LogP contribution < -0.4 is 9.47 Å². The highest BCUT2D eigenvalue weighted by molar-refractivity contribution is 6.46. The maximum atomic E-state index is 13.3. The molecule has 0 bridgehead atoms. The number of amides is 1. The quantitative estimate of drug-likeness (QED) is 0.209. The Morgan fingerprint density at radius 2 is 1.57 bits per heavy atom. The predicted molar refractivity (Wildman–Crippen MR) is 146 cm³/mol. The number of unbranched alkanes of at least 4 members (excludes halogenated alkanes) is 2. The average Bonchev–Trinajstić information content (AvgIpc) is 3.18. The highest BCUT2D eigenvalue weighted by Crippen LogP contribution is 2.43. The zero-order valence-corrected chi connectivity index (χ0v) is 22.5. The summed E-state index contributed by atoms with van der Waals surface area (Å²) in [4.78, 5) is 30.7. The van der Waals surface area contributed by atoms with E-state index < -0.39 is 17.7 Å². The van der Waals surface area contributed by atoms with Crippen molar-refractivity contribution in [2.75, 3.05) is 40.4 Å². The first-order valence-corrected chi connectivity index (χ1v) is 13.2. The van der Waals surface area contributed by atoms with E-state index in [-0.39, 0.29) is 11.3 Å². The van der Waals surface area contributed by atoms with Crippen molar-refractivity contribution >= 4 is 17.4 Å². The van der Waals surface area contributed by atoms with Crippen LogP contribution >= 0.6 is 0 Å². The van der Waals surface area contributed by atoms with Crippen LogP contribution in [0.3, 0.4) is 0 Å². The summed E-state index contributed by atoms with van der Waals surface area (Å²) in [5, 5.41) is 11.2. The normalized spacial score (nSPS) is 17.0. The Kier molecular flexibility index (Phi) is 10.6. The van der Waals surface area contributed by atoms with Crippen LogP contribution in [-0.4, -0.2) is 67.0 Å². The number of carbonyl (C=O) groups is 2. The van der Waals surface area contributed by atoms with E-state index in [1.165, 1.54) is 0 Å². The largest absolute Gasteiger partial charge is 0.507 e. The third-order valence-electron chi connectivity index (χ3n) is 6.85. The monoisotopic (exact) mass is 508 g/mol. The molecule has 1 aliphatic heterocycles. The molecule has 1 amide bonds. The molecular weight excluding hydrogens is 468 g/mol. The first-order chi connectivity index (χ1) is 18.0. The van der Waals surface area contributed by atoms with Crippen molar-refractivity contribution in [2.45, 2.75) is 52.0 Å². The van der Waals surface area contributed by atoms with Gasteiger partial charge in [0.25, 0.3) is 11.7 Å². The van der Waals surface area contributed by atoms with Crippen LogP contribution in [0.1, 0.15) is 63.1 Å². The van der Waals surface area contributed by atoms with Gasteiger partial charge >= 0.3 is 0 Å². The van der Waals surface area contributed by atoms with Crippen molar-refractivity contribution in [3.63, 3.8) is 0 Å². The number of methoxy groups -OCH3 is 2. The lowest BCUT2D eigenvalue weighted by Crippen LogP contribution is -2.34. The number of likely N-dealkylation sites (tertiary alicyclic amines) is 1. The molecule has 1 saturated heterocycles. The van der Waals surface area contributed by atoms with Crippen LogP contribution in [0.25, 0.3) is 5.76 Å². The summed E-state index contributed by atoms with van der Waals surface area (Å²) in [7, 11) is 3.11. The molecule has 37 heavy (non-hydrogen) atoms. The molecule has 0 radical (unpaired) electrons. The van der Waals surface area contributed by atoms with Crippen LogP contribution in [-0.2, 0) is 9.59 Å². The molecule has 0 spiro atoms. The number of ether oxygens (including phenoxy) is 2. The van der Waals surface area contributed by atoms with Gasteiger partial charge in [-0.3, -0.25) is 9.59 Å². The minimum Gasteiger partial charge on any atom is -0.507 e. The molecule has 1 heterocycles. The maximum Gasteiger partial charge on any atom is 0.295 e. The van der Waals surface area contributed by atoms with E-state index in [0.29, 0.717) is 29.2 Å². The number of Topliss-reactive ketones (excluding diaryl/α,β-unsaturated/α-hetero) is 1. The molecule has 0 saturated carbocycles. The lowest BCUT2D eigenvalue weighted by Gasteiger charge is -2.28. The van der Waals surface area contributed by atoms with Crippen molar-refractivity contribution in [1.29, 1.82) is 0 Å². The zero-order chi connectivity index (χ0) is 26.8. The summed E-state index contributed by atoms with van der Waals surface area (Å²) < 4.78 is 11.0. The molecule has 2 aromatic carbocycles. The average molecular weight is 509 g/mol. The Labute approximate surface area is 220 Å². The second-order valence-electron chi connectivity index (χ2n) is 9.37. The van der Waals surface area contributed by atoms with E-state index in [2.05, 4.69) is 18.7 Å². The number of rotatable bonds is 14. The molecule has 1 aliphatic rings. The fourth-order valence-electron chi connectivity index (χ4n) is 4.79. The Morgan fingerprint density at radius 1 is 0.919 bits per heavy atom. The van der Waals surface area contributed by atoms with Crippen molar-refractivity contribution < 1.29 is 24.2 Å². The van der Waals surface area contributed by atoms with Gasteiger partial charge in [0, 0.05) is 23.7 Å². The van der Waals surface area contributed by atoms with Crippen molar-refractivity contribution in [3.05, 3.63) is 65.2 Å². The number of benzene rings is 2. The van der Waals surface area contributed by atoms with E-state index in [9.17, 15) is 14.7 Å². The van der Waals surface area contributed by atoms with Gasteiger partial charge in [-0.05, 0) is 51.0 Å². The van der Waals surface area contributed by atoms with E-state index in [1.54, 1.807) is 61.6 Å². The lowest BCUT2D eigenvalue weighted by atomic mass is 9.94. The first kappa shape index (κ1) is 28.3. The van der Waals surface area contributed by atoms with Gasteiger partial charge < -0.3 is 24.4 Å². The molecule has 1 fully saturated rings. The Morgan fingerprint density at radius 3 is 2.16 bits per heavy atom. The number of aliphatic hydroxyl groups excluding tert-OH is 1. The van der Waals surface area contributed by atoms with Gasteiger partial charge in [0.15, 0.2) is 0 Å².